The minimum absolute atomic E-state index is 0.0736. The van der Waals surface area contributed by atoms with Gasteiger partial charge in [0, 0.05) is 37.1 Å². The highest BCUT2D eigenvalue weighted by Crippen LogP contribution is 2.25. The van der Waals surface area contributed by atoms with Crippen LogP contribution in [0.4, 0.5) is 0 Å². The lowest BCUT2D eigenvalue weighted by molar-refractivity contribution is -0.129. The molecule has 5 rings (SSSR count). The van der Waals surface area contributed by atoms with Crippen molar-refractivity contribution in [2.24, 2.45) is 5.92 Å². The van der Waals surface area contributed by atoms with Crippen LogP contribution < -0.4 is 15.4 Å². The van der Waals surface area contributed by atoms with Crippen molar-refractivity contribution in [3.63, 3.8) is 0 Å². The van der Waals surface area contributed by atoms with Gasteiger partial charge in [-0.15, -0.1) is 0 Å². The van der Waals surface area contributed by atoms with Gasteiger partial charge in [0.25, 0.3) is 11.8 Å². The minimum atomic E-state index is -0.895. The van der Waals surface area contributed by atoms with E-state index in [2.05, 4.69) is 15.5 Å². The summed E-state index contributed by atoms with van der Waals surface area (Å²) in [4.78, 5) is 56.3. The number of hydrogen-bond acceptors (Lipinski definition) is 8. The van der Waals surface area contributed by atoms with Crippen LogP contribution in [0.25, 0.3) is 11.0 Å². The largest absolute Gasteiger partial charge is 0.492 e. The normalized spacial score (nSPS) is 18.6. The van der Waals surface area contributed by atoms with E-state index in [4.69, 9.17) is 13.9 Å². The van der Waals surface area contributed by atoms with Gasteiger partial charge >= 0.3 is 0 Å². The summed E-state index contributed by atoms with van der Waals surface area (Å²) in [7, 11) is 0. The molecule has 3 aromatic rings. The van der Waals surface area contributed by atoms with Crippen molar-refractivity contribution in [3.05, 3.63) is 65.9 Å². The van der Waals surface area contributed by atoms with Crippen molar-refractivity contribution in [2.75, 3.05) is 52.5 Å². The van der Waals surface area contributed by atoms with E-state index in [0.717, 1.165) is 32.8 Å². The maximum atomic E-state index is 13.3. The number of fused-ring (bicyclic) bond motifs is 1. The Morgan fingerprint density at radius 3 is 2.55 bits per heavy atom. The predicted octanol–water partition coefficient (Wildman–Crippen LogP) is 2.89. The molecule has 2 fully saturated rings. The number of nitrogens with zero attached hydrogens (tertiary/aromatic N) is 2. The molecule has 0 saturated carbocycles. The molecule has 11 heteroatoms. The molecule has 2 atom stereocenters. The van der Waals surface area contributed by atoms with E-state index in [9.17, 15) is 19.2 Å². The fourth-order valence-corrected chi connectivity index (χ4v) is 5.46. The monoisotopic (exact) mass is 604 g/mol. The van der Waals surface area contributed by atoms with Crippen molar-refractivity contribution in [1.82, 2.24) is 20.4 Å². The molecule has 2 aliphatic rings. The number of carbonyl (C=O) groups excluding carboxylic acids is 4. The van der Waals surface area contributed by atoms with Gasteiger partial charge in [0.15, 0.2) is 11.5 Å². The molecule has 2 unspecified atom stereocenters. The van der Waals surface area contributed by atoms with Crippen molar-refractivity contribution in [1.29, 1.82) is 0 Å². The smallest absolute Gasteiger partial charge is 0.287 e. The van der Waals surface area contributed by atoms with Gasteiger partial charge in [-0.05, 0) is 55.2 Å². The highest BCUT2D eigenvalue weighted by atomic mass is 16.5. The Labute approximate surface area is 256 Å². The summed E-state index contributed by atoms with van der Waals surface area (Å²) in [6.07, 6.45) is 0.966. The number of ether oxygens (including phenoxy) is 2. The molecule has 1 aromatic heterocycles. The van der Waals surface area contributed by atoms with Gasteiger partial charge in [-0.25, -0.2) is 0 Å². The second-order valence-electron chi connectivity index (χ2n) is 11.6. The van der Waals surface area contributed by atoms with Crippen molar-refractivity contribution in [3.8, 4) is 5.75 Å². The first-order chi connectivity index (χ1) is 21.3. The quantitative estimate of drug-likeness (QED) is 0.361. The van der Waals surface area contributed by atoms with Crippen LogP contribution in [0.15, 0.2) is 59.0 Å². The Bertz CT molecular complexity index is 1470. The molecule has 2 aliphatic heterocycles. The van der Waals surface area contributed by atoms with Gasteiger partial charge in [0.2, 0.25) is 5.91 Å². The molecular formula is C33H40N4O7. The van der Waals surface area contributed by atoms with Gasteiger partial charge in [-0.2, -0.15) is 0 Å². The molecule has 2 aromatic carbocycles. The number of ketones is 1. The summed E-state index contributed by atoms with van der Waals surface area (Å²) in [5.74, 6) is -0.949. The third kappa shape index (κ3) is 7.83. The molecule has 3 heterocycles. The molecule has 2 N–H and O–H groups in total. The van der Waals surface area contributed by atoms with Gasteiger partial charge in [0.1, 0.15) is 24.0 Å². The number of carbonyl (C=O) groups is 4. The van der Waals surface area contributed by atoms with Gasteiger partial charge in [-0.3, -0.25) is 24.1 Å². The SMILES string of the molecule is CC(C)C(NC(=O)c1cc2cc(OCCN3CCOCC3)ccc2o1)C(=O)NC1CCCN(C(=O)c2ccccc2)CC1=O. The first-order valence-corrected chi connectivity index (χ1v) is 15.2. The van der Waals surface area contributed by atoms with E-state index in [1.54, 1.807) is 42.5 Å². The van der Waals surface area contributed by atoms with Crippen LogP contribution in [-0.2, 0) is 14.3 Å². The Balaban J connectivity index is 1.17. The summed E-state index contributed by atoms with van der Waals surface area (Å²) < 4.78 is 17.1. The number of Topliss-reactive ketones (excluding diaryl/α,β-unsaturated/α-hetero) is 1. The Hall–Kier alpha value is -4.22. The summed E-state index contributed by atoms with van der Waals surface area (Å²) in [6, 6.07) is 14.2. The third-order valence-electron chi connectivity index (χ3n) is 8.01. The number of hydrogen-bond donors (Lipinski definition) is 2. The summed E-state index contributed by atoms with van der Waals surface area (Å²) in [5, 5.41) is 6.32. The standard InChI is InChI=1S/C33H40N4O7/c1-22(2)30(32(40)34-26-9-6-12-37(21-27(26)38)33(41)23-7-4-3-5-8-23)35-31(39)29-20-24-19-25(10-11-28(24)44-29)43-18-15-36-13-16-42-17-14-36/h3-5,7-8,10-11,19-20,22,26,30H,6,9,12-18,21H2,1-2H3,(H,34,40)(H,35,39). The number of likely N-dealkylation sites (tertiary alicyclic amines) is 1. The summed E-state index contributed by atoms with van der Waals surface area (Å²) in [5.41, 5.74) is 1.04. The van der Waals surface area contributed by atoms with E-state index < -0.39 is 23.9 Å². The zero-order valence-electron chi connectivity index (χ0n) is 25.3. The van der Waals surface area contributed by atoms with Gasteiger partial charge in [0.05, 0.1) is 25.8 Å². The number of nitrogens with one attached hydrogen (secondary N) is 2. The maximum absolute atomic E-state index is 13.3. The highest BCUT2D eigenvalue weighted by molar-refractivity contribution is 6.01. The van der Waals surface area contributed by atoms with E-state index in [-0.39, 0.29) is 29.9 Å². The second kappa shape index (κ2) is 14.5. The predicted molar refractivity (Wildman–Crippen MR) is 164 cm³/mol. The lowest BCUT2D eigenvalue weighted by atomic mass is 10.0. The Morgan fingerprint density at radius 1 is 1.02 bits per heavy atom. The minimum Gasteiger partial charge on any atom is -0.492 e. The van der Waals surface area contributed by atoms with Crippen LogP contribution in [0.5, 0.6) is 5.75 Å². The maximum Gasteiger partial charge on any atom is 0.287 e. The van der Waals surface area contributed by atoms with E-state index in [1.807, 2.05) is 26.0 Å². The molecular weight excluding hydrogens is 564 g/mol. The molecule has 0 spiro atoms. The van der Waals surface area contributed by atoms with Crippen LogP contribution >= 0.6 is 0 Å². The molecule has 3 amide bonds. The van der Waals surface area contributed by atoms with Crippen LogP contribution in [0.3, 0.4) is 0 Å². The Kier molecular flexibility index (Phi) is 10.3. The van der Waals surface area contributed by atoms with Crippen LogP contribution in [-0.4, -0.2) is 97.9 Å². The van der Waals surface area contributed by atoms with Crippen LogP contribution in [0, 0.1) is 5.92 Å². The third-order valence-corrected chi connectivity index (χ3v) is 8.01. The summed E-state index contributed by atoms with van der Waals surface area (Å²) >= 11 is 0. The first kappa shape index (κ1) is 31.2. The zero-order valence-corrected chi connectivity index (χ0v) is 25.3. The second-order valence-corrected chi connectivity index (χ2v) is 11.6. The van der Waals surface area contributed by atoms with E-state index in [1.165, 1.54) is 4.90 Å². The van der Waals surface area contributed by atoms with E-state index >= 15 is 0 Å². The molecule has 0 bridgehead atoms. The fourth-order valence-electron chi connectivity index (χ4n) is 5.46. The van der Waals surface area contributed by atoms with E-state index in [0.29, 0.717) is 48.3 Å². The molecule has 0 aliphatic carbocycles. The Morgan fingerprint density at radius 2 is 1.80 bits per heavy atom. The van der Waals surface area contributed by atoms with Crippen LogP contribution in [0.1, 0.15) is 47.6 Å². The van der Waals surface area contributed by atoms with Gasteiger partial charge < -0.3 is 29.4 Å². The van der Waals surface area contributed by atoms with Crippen molar-refractivity contribution < 1.29 is 33.1 Å². The molecule has 2 saturated heterocycles. The fraction of sp³-hybridized carbons (Fsp3) is 0.455. The number of furan rings is 1. The first-order valence-electron chi connectivity index (χ1n) is 15.2. The topological polar surface area (TPSA) is 130 Å². The molecule has 11 nitrogen and oxygen atoms in total. The number of amides is 3. The lowest BCUT2D eigenvalue weighted by Gasteiger charge is -2.26. The highest BCUT2D eigenvalue weighted by Gasteiger charge is 2.32. The molecule has 0 radical (unpaired) electrons. The van der Waals surface area contributed by atoms with Gasteiger partial charge in [-0.1, -0.05) is 32.0 Å². The average molecular weight is 605 g/mol. The summed E-state index contributed by atoms with van der Waals surface area (Å²) in [6.45, 7) is 8.56. The number of morpholine rings is 1. The molecule has 44 heavy (non-hydrogen) atoms. The molecule has 234 valence electrons. The number of rotatable bonds is 10. The number of benzene rings is 2. The zero-order chi connectivity index (χ0) is 31.1. The lowest BCUT2D eigenvalue weighted by Crippen LogP contribution is -2.54. The van der Waals surface area contributed by atoms with Crippen molar-refractivity contribution >= 4 is 34.5 Å². The van der Waals surface area contributed by atoms with Crippen molar-refractivity contribution in [2.45, 2.75) is 38.8 Å². The van der Waals surface area contributed by atoms with Crippen LogP contribution in [0.2, 0.25) is 0 Å². The average Bonchev–Trinajstić information content (AvgIpc) is 3.38.